The number of aryl methyl sites for hydroxylation is 1. The van der Waals surface area contributed by atoms with Crippen molar-refractivity contribution in [2.24, 2.45) is 0 Å². The summed E-state index contributed by atoms with van der Waals surface area (Å²) in [7, 11) is 1.72. The maximum Gasteiger partial charge on any atom is 0.269 e. The lowest BCUT2D eigenvalue weighted by molar-refractivity contribution is -0.120. The number of fused-ring (bicyclic) bond motifs is 1. The highest BCUT2D eigenvalue weighted by Crippen LogP contribution is 2.30. The summed E-state index contributed by atoms with van der Waals surface area (Å²) >= 11 is 0. The van der Waals surface area contributed by atoms with Crippen molar-refractivity contribution in [3.8, 4) is 0 Å². The lowest BCUT2D eigenvalue weighted by Gasteiger charge is -2.35. The average Bonchev–Trinajstić information content (AvgIpc) is 2.56. The van der Waals surface area contributed by atoms with Crippen LogP contribution in [0.2, 0.25) is 0 Å². The predicted octanol–water partition coefficient (Wildman–Crippen LogP) is 1.65. The van der Waals surface area contributed by atoms with Gasteiger partial charge < -0.3 is 10.2 Å². The van der Waals surface area contributed by atoms with E-state index in [0.717, 1.165) is 18.5 Å². The quantitative estimate of drug-likeness (QED) is 0.936. The number of aromatic nitrogens is 2. The minimum absolute atomic E-state index is 0.0541. The molecule has 2 aromatic rings. The molecule has 0 saturated heterocycles. The molecular weight excluding hydrogens is 292 g/mol. The maximum atomic E-state index is 12.8. The summed E-state index contributed by atoms with van der Waals surface area (Å²) in [6.07, 6.45) is 3.43. The van der Waals surface area contributed by atoms with E-state index in [0.29, 0.717) is 5.69 Å². The van der Waals surface area contributed by atoms with Crippen LogP contribution in [0.1, 0.15) is 18.9 Å². The molecular formula is C17H20N4O2. The number of rotatable bonds is 3. The third-order valence-corrected chi connectivity index (χ3v) is 4.24. The van der Waals surface area contributed by atoms with E-state index in [1.54, 1.807) is 18.1 Å². The summed E-state index contributed by atoms with van der Waals surface area (Å²) in [5, 5.41) is 6.92. The number of anilines is 2. The van der Waals surface area contributed by atoms with Crippen molar-refractivity contribution in [2.45, 2.75) is 32.4 Å². The van der Waals surface area contributed by atoms with E-state index in [1.165, 1.54) is 16.3 Å². The molecule has 1 aliphatic rings. The normalized spacial score (nSPS) is 16.8. The number of para-hydroxylation sites is 1. The van der Waals surface area contributed by atoms with Crippen LogP contribution < -0.4 is 15.8 Å². The second kappa shape index (κ2) is 6.24. The standard InChI is InChI=1S/C17H20N4O2/c1-12-7-8-13-5-3-4-6-15(13)21(12)17(23)11-20-16(22)9-14(18-2)10-19-20/h3-6,9-10,12,18H,7-8,11H2,1-2H3. The molecule has 2 heterocycles. The van der Waals surface area contributed by atoms with Crippen LogP contribution in [0.25, 0.3) is 0 Å². The molecule has 1 N–H and O–H groups in total. The molecule has 0 saturated carbocycles. The van der Waals surface area contributed by atoms with Crippen molar-refractivity contribution in [2.75, 3.05) is 17.3 Å². The first-order chi connectivity index (χ1) is 11.1. The molecule has 0 bridgehead atoms. The zero-order valence-corrected chi connectivity index (χ0v) is 13.3. The van der Waals surface area contributed by atoms with Gasteiger partial charge in [-0.3, -0.25) is 9.59 Å². The van der Waals surface area contributed by atoms with Crippen LogP contribution in [0.4, 0.5) is 11.4 Å². The first-order valence-corrected chi connectivity index (χ1v) is 7.75. The van der Waals surface area contributed by atoms with Gasteiger partial charge >= 0.3 is 0 Å². The van der Waals surface area contributed by atoms with Crippen LogP contribution in [0.15, 0.2) is 41.3 Å². The predicted molar refractivity (Wildman–Crippen MR) is 89.8 cm³/mol. The van der Waals surface area contributed by atoms with Gasteiger partial charge in [-0.25, -0.2) is 4.68 Å². The number of carbonyl (C=O) groups excluding carboxylic acids is 1. The molecule has 0 fully saturated rings. The van der Waals surface area contributed by atoms with Gasteiger partial charge in [-0.2, -0.15) is 5.10 Å². The monoisotopic (exact) mass is 312 g/mol. The highest BCUT2D eigenvalue weighted by Gasteiger charge is 2.28. The zero-order chi connectivity index (χ0) is 16.4. The summed E-state index contributed by atoms with van der Waals surface area (Å²) in [4.78, 5) is 26.6. The van der Waals surface area contributed by atoms with E-state index >= 15 is 0 Å². The Bertz CT molecular complexity index is 784. The van der Waals surface area contributed by atoms with E-state index in [2.05, 4.69) is 10.4 Å². The number of carbonyl (C=O) groups is 1. The molecule has 1 aromatic heterocycles. The number of nitrogens with zero attached hydrogens (tertiary/aromatic N) is 3. The lowest BCUT2D eigenvalue weighted by Crippen LogP contribution is -2.45. The topological polar surface area (TPSA) is 67.2 Å². The third kappa shape index (κ3) is 2.97. The minimum atomic E-state index is -0.289. The van der Waals surface area contributed by atoms with E-state index in [4.69, 9.17) is 0 Å². The molecule has 1 aliphatic heterocycles. The summed E-state index contributed by atoms with van der Waals surface area (Å²) in [6, 6.07) is 9.48. The highest BCUT2D eigenvalue weighted by atomic mass is 16.2. The SMILES string of the molecule is CNc1cnn(CC(=O)N2c3ccccc3CCC2C)c(=O)c1. The van der Waals surface area contributed by atoms with Crippen molar-refractivity contribution >= 4 is 17.3 Å². The molecule has 0 spiro atoms. The van der Waals surface area contributed by atoms with Crippen molar-refractivity contribution in [3.05, 3.63) is 52.4 Å². The molecule has 3 rings (SSSR count). The van der Waals surface area contributed by atoms with Gasteiger partial charge in [-0.1, -0.05) is 18.2 Å². The molecule has 0 aliphatic carbocycles. The van der Waals surface area contributed by atoms with Crippen LogP contribution in [0.5, 0.6) is 0 Å². The number of hydrogen-bond donors (Lipinski definition) is 1. The molecule has 1 aromatic carbocycles. The Morgan fingerprint density at radius 3 is 2.91 bits per heavy atom. The number of hydrogen-bond acceptors (Lipinski definition) is 4. The zero-order valence-electron chi connectivity index (χ0n) is 13.3. The molecule has 1 amide bonds. The van der Waals surface area contributed by atoms with Crippen LogP contribution in [-0.2, 0) is 17.8 Å². The number of benzene rings is 1. The van der Waals surface area contributed by atoms with Gasteiger partial charge in [0.2, 0.25) is 5.91 Å². The van der Waals surface area contributed by atoms with Gasteiger partial charge in [-0.15, -0.1) is 0 Å². The van der Waals surface area contributed by atoms with E-state index in [-0.39, 0.29) is 24.1 Å². The Labute approximate surface area is 134 Å². The largest absolute Gasteiger partial charge is 0.387 e. The Balaban J connectivity index is 1.87. The number of amides is 1. The first kappa shape index (κ1) is 15.3. The molecule has 1 atom stereocenters. The Morgan fingerprint density at radius 2 is 2.17 bits per heavy atom. The summed E-state index contributed by atoms with van der Waals surface area (Å²) in [5.74, 6) is -0.114. The fourth-order valence-corrected chi connectivity index (χ4v) is 2.96. The van der Waals surface area contributed by atoms with Crippen molar-refractivity contribution in [1.29, 1.82) is 0 Å². The minimum Gasteiger partial charge on any atom is -0.387 e. The smallest absolute Gasteiger partial charge is 0.269 e. The van der Waals surface area contributed by atoms with Gasteiger partial charge in [0.15, 0.2) is 0 Å². The first-order valence-electron chi connectivity index (χ1n) is 7.75. The Hall–Kier alpha value is -2.63. The van der Waals surface area contributed by atoms with Crippen LogP contribution in [0, 0.1) is 0 Å². The molecule has 6 nitrogen and oxygen atoms in total. The molecule has 120 valence electrons. The fourth-order valence-electron chi connectivity index (χ4n) is 2.96. The second-order valence-electron chi connectivity index (χ2n) is 5.77. The van der Waals surface area contributed by atoms with Gasteiger partial charge in [0, 0.05) is 24.8 Å². The third-order valence-electron chi connectivity index (χ3n) is 4.24. The molecule has 6 heteroatoms. The second-order valence-corrected chi connectivity index (χ2v) is 5.77. The van der Waals surface area contributed by atoms with Crippen molar-refractivity contribution < 1.29 is 4.79 Å². The van der Waals surface area contributed by atoms with Gasteiger partial charge in [0.05, 0.1) is 11.9 Å². The van der Waals surface area contributed by atoms with Gasteiger partial charge in [-0.05, 0) is 31.4 Å². The van der Waals surface area contributed by atoms with Crippen molar-refractivity contribution in [3.63, 3.8) is 0 Å². The molecule has 0 radical (unpaired) electrons. The lowest BCUT2D eigenvalue weighted by atomic mass is 9.96. The molecule has 1 unspecified atom stereocenters. The number of nitrogens with one attached hydrogen (secondary N) is 1. The van der Waals surface area contributed by atoms with Crippen LogP contribution in [-0.4, -0.2) is 28.8 Å². The van der Waals surface area contributed by atoms with Gasteiger partial charge in [0.25, 0.3) is 5.56 Å². The van der Waals surface area contributed by atoms with Crippen LogP contribution >= 0.6 is 0 Å². The summed E-state index contributed by atoms with van der Waals surface area (Å²) in [5.41, 5.74) is 2.46. The van der Waals surface area contributed by atoms with E-state index in [9.17, 15) is 9.59 Å². The van der Waals surface area contributed by atoms with Gasteiger partial charge in [0.1, 0.15) is 6.54 Å². The van der Waals surface area contributed by atoms with E-state index < -0.39 is 0 Å². The van der Waals surface area contributed by atoms with Crippen molar-refractivity contribution in [1.82, 2.24) is 9.78 Å². The fraction of sp³-hybridized carbons (Fsp3) is 0.353. The maximum absolute atomic E-state index is 12.8. The average molecular weight is 312 g/mol. The Morgan fingerprint density at radius 1 is 1.39 bits per heavy atom. The summed E-state index contributed by atoms with van der Waals surface area (Å²) in [6.45, 7) is 1.98. The van der Waals surface area contributed by atoms with E-state index in [1.807, 2.05) is 31.2 Å². The Kier molecular flexibility index (Phi) is 4.14. The summed E-state index contributed by atoms with van der Waals surface area (Å²) < 4.78 is 1.20. The molecule has 23 heavy (non-hydrogen) atoms. The highest BCUT2D eigenvalue weighted by molar-refractivity contribution is 5.95. The van der Waals surface area contributed by atoms with Crippen LogP contribution in [0.3, 0.4) is 0 Å².